The van der Waals surface area contributed by atoms with Gasteiger partial charge in [-0.25, -0.2) is 0 Å². The zero-order valence-electron chi connectivity index (χ0n) is 10.6. The standard InChI is InChI=1S/C12H25N3O/c1-3-15(11-4-5-13-8-11)10-12-9-14(2)6-7-16-12/h11-13H,3-10H2,1-2H3. The summed E-state index contributed by atoms with van der Waals surface area (Å²) in [5, 5.41) is 3.44. The molecule has 2 fully saturated rings. The predicted molar refractivity (Wildman–Crippen MR) is 65.8 cm³/mol. The van der Waals surface area contributed by atoms with Crippen LogP contribution in [0.15, 0.2) is 0 Å². The van der Waals surface area contributed by atoms with E-state index >= 15 is 0 Å². The summed E-state index contributed by atoms with van der Waals surface area (Å²) in [4.78, 5) is 4.94. The molecule has 0 aromatic rings. The van der Waals surface area contributed by atoms with Crippen LogP contribution >= 0.6 is 0 Å². The Morgan fingerprint density at radius 3 is 3.00 bits per heavy atom. The molecule has 0 aromatic heterocycles. The quantitative estimate of drug-likeness (QED) is 0.732. The number of morpholine rings is 1. The van der Waals surface area contributed by atoms with Gasteiger partial charge in [0, 0.05) is 32.2 Å². The van der Waals surface area contributed by atoms with E-state index in [0.717, 1.165) is 45.4 Å². The van der Waals surface area contributed by atoms with Crippen molar-refractivity contribution in [3.63, 3.8) is 0 Å². The lowest BCUT2D eigenvalue weighted by molar-refractivity contribution is -0.0396. The number of nitrogens with one attached hydrogen (secondary N) is 1. The maximum absolute atomic E-state index is 5.84. The van der Waals surface area contributed by atoms with Crippen LogP contribution in [0.4, 0.5) is 0 Å². The second-order valence-electron chi connectivity index (χ2n) is 4.99. The second-order valence-corrected chi connectivity index (χ2v) is 4.99. The summed E-state index contributed by atoms with van der Waals surface area (Å²) in [7, 11) is 2.18. The Morgan fingerprint density at radius 2 is 2.38 bits per heavy atom. The minimum atomic E-state index is 0.402. The smallest absolute Gasteiger partial charge is 0.0829 e. The topological polar surface area (TPSA) is 27.7 Å². The van der Waals surface area contributed by atoms with Crippen LogP contribution in [0.2, 0.25) is 0 Å². The van der Waals surface area contributed by atoms with Crippen molar-refractivity contribution < 1.29 is 4.74 Å². The highest BCUT2D eigenvalue weighted by atomic mass is 16.5. The molecule has 0 aromatic carbocycles. The summed E-state index contributed by atoms with van der Waals surface area (Å²) in [6.45, 7) is 9.85. The minimum Gasteiger partial charge on any atom is -0.374 e. The Hall–Kier alpha value is -0.160. The fourth-order valence-electron chi connectivity index (χ4n) is 2.73. The number of ether oxygens (including phenoxy) is 1. The molecule has 2 saturated heterocycles. The van der Waals surface area contributed by atoms with Gasteiger partial charge in [-0.1, -0.05) is 6.92 Å². The third kappa shape index (κ3) is 3.17. The molecule has 2 atom stereocenters. The van der Waals surface area contributed by atoms with Crippen molar-refractivity contribution in [3.05, 3.63) is 0 Å². The summed E-state index contributed by atoms with van der Waals surface area (Å²) in [5.74, 6) is 0. The Morgan fingerprint density at radius 1 is 1.50 bits per heavy atom. The molecule has 4 heteroatoms. The SMILES string of the molecule is CCN(CC1CN(C)CCO1)C1CCNC1. The average Bonchev–Trinajstić information content (AvgIpc) is 2.79. The van der Waals surface area contributed by atoms with Gasteiger partial charge in [0.1, 0.15) is 0 Å². The van der Waals surface area contributed by atoms with Crippen molar-refractivity contribution in [2.75, 3.05) is 52.9 Å². The highest BCUT2D eigenvalue weighted by Gasteiger charge is 2.25. The van der Waals surface area contributed by atoms with Crippen molar-refractivity contribution in [2.24, 2.45) is 0 Å². The molecule has 2 heterocycles. The van der Waals surface area contributed by atoms with E-state index in [1.165, 1.54) is 13.0 Å². The number of nitrogens with zero attached hydrogens (tertiary/aromatic N) is 2. The Bertz CT molecular complexity index is 206. The summed E-state index contributed by atoms with van der Waals surface area (Å²) in [6, 6.07) is 0.723. The molecule has 4 nitrogen and oxygen atoms in total. The van der Waals surface area contributed by atoms with Crippen LogP contribution in [0, 0.1) is 0 Å². The van der Waals surface area contributed by atoms with Gasteiger partial charge < -0.3 is 15.0 Å². The van der Waals surface area contributed by atoms with Crippen molar-refractivity contribution >= 4 is 0 Å². The van der Waals surface area contributed by atoms with E-state index in [1.54, 1.807) is 0 Å². The van der Waals surface area contributed by atoms with Gasteiger partial charge in [0.15, 0.2) is 0 Å². The molecule has 2 rings (SSSR count). The molecule has 0 amide bonds. The highest BCUT2D eigenvalue weighted by Crippen LogP contribution is 2.12. The van der Waals surface area contributed by atoms with E-state index in [1.807, 2.05) is 0 Å². The van der Waals surface area contributed by atoms with E-state index in [2.05, 4.69) is 29.1 Å². The van der Waals surface area contributed by atoms with Gasteiger partial charge in [-0.05, 0) is 26.6 Å². The van der Waals surface area contributed by atoms with Crippen molar-refractivity contribution in [1.29, 1.82) is 0 Å². The zero-order chi connectivity index (χ0) is 11.4. The van der Waals surface area contributed by atoms with Crippen LogP contribution in [-0.2, 0) is 4.74 Å². The zero-order valence-corrected chi connectivity index (χ0v) is 10.6. The van der Waals surface area contributed by atoms with Crippen LogP contribution in [0.5, 0.6) is 0 Å². The van der Waals surface area contributed by atoms with E-state index in [0.29, 0.717) is 6.10 Å². The molecule has 0 spiro atoms. The molecule has 16 heavy (non-hydrogen) atoms. The fourth-order valence-corrected chi connectivity index (χ4v) is 2.73. The predicted octanol–water partition coefficient (Wildman–Crippen LogP) is 0.000800. The lowest BCUT2D eigenvalue weighted by Crippen LogP contribution is -2.49. The Kier molecular flexibility index (Phi) is 4.58. The maximum Gasteiger partial charge on any atom is 0.0829 e. The summed E-state index contributed by atoms with van der Waals surface area (Å²) in [6.07, 6.45) is 1.69. The first-order valence-corrected chi connectivity index (χ1v) is 6.54. The lowest BCUT2D eigenvalue weighted by atomic mass is 10.2. The number of likely N-dealkylation sites (N-methyl/N-ethyl adjacent to an activating group) is 2. The molecular formula is C12H25N3O. The maximum atomic E-state index is 5.84. The molecule has 2 aliphatic heterocycles. The van der Waals surface area contributed by atoms with Gasteiger partial charge in [0.25, 0.3) is 0 Å². The van der Waals surface area contributed by atoms with Gasteiger partial charge in [0.05, 0.1) is 12.7 Å². The summed E-state index contributed by atoms with van der Waals surface area (Å²) in [5.41, 5.74) is 0. The minimum absolute atomic E-state index is 0.402. The molecule has 0 radical (unpaired) electrons. The van der Waals surface area contributed by atoms with Crippen molar-refractivity contribution in [2.45, 2.75) is 25.5 Å². The number of hydrogen-bond acceptors (Lipinski definition) is 4. The Balaban J connectivity index is 1.80. The van der Waals surface area contributed by atoms with Crippen LogP contribution < -0.4 is 5.32 Å². The van der Waals surface area contributed by atoms with E-state index in [9.17, 15) is 0 Å². The van der Waals surface area contributed by atoms with Crippen LogP contribution in [-0.4, -0.2) is 74.9 Å². The molecule has 94 valence electrons. The van der Waals surface area contributed by atoms with Gasteiger partial charge >= 0.3 is 0 Å². The third-order valence-corrected chi connectivity index (χ3v) is 3.74. The first-order chi connectivity index (χ1) is 7.79. The van der Waals surface area contributed by atoms with Crippen molar-refractivity contribution in [1.82, 2.24) is 15.1 Å². The van der Waals surface area contributed by atoms with Crippen molar-refractivity contribution in [3.8, 4) is 0 Å². The molecule has 2 unspecified atom stereocenters. The first-order valence-electron chi connectivity index (χ1n) is 6.54. The van der Waals surface area contributed by atoms with Gasteiger partial charge in [-0.2, -0.15) is 0 Å². The van der Waals surface area contributed by atoms with E-state index < -0.39 is 0 Å². The molecule has 2 aliphatic rings. The largest absolute Gasteiger partial charge is 0.374 e. The summed E-state index contributed by atoms with van der Waals surface area (Å²) < 4.78 is 5.84. The average molecular weight is 227 g/mol. The fraction of sp³-hybridized carbons (Fsp3) is 1.00. The molecule has 0 bridgehead atoms. The van der Waals surface area contributed by atoms with Gasteiger partial charge in [-0.3, -0.25) is 4.90 Å². The molecule has 0 aliphatic carbocycles. The third-order valence-electron chi connectivity index (χ3n) is 3.74. The number of hydrogen-bond donors (Lipinski definition) is 1. The second kappa shape index (κ2) is 5.96. The highest BCUT2D eigenvalue weighted by molar-refractivity contribution is 4.83. The van der Waals surface area contributed by atoms with E-state index in [-0.39, 0.29) is 0 Å². The normalized spacial score (nSPS) is 32.4. The van der Waals surface area contributed by atoms with Crippen LogP contribution in [0.25, 0.3) is 0 Å². The lowest BCUT2D eigenvalue weighted by Gasteiger charge is -2.35. The van der Waals surface area contributed by atoms with E-state index in [4.69, 9.17) is 4.74 Å². The molecule has 1 N–H and O–H groups in total. The van der Waals surface area contributed by atoms with Gasteiger partial charge in [-0.15, -0.1) is 0 Å². The van der Waals surface area contributed by atoms with Crippen LogP contribution in [0.1, 0.15) is 13.3 Å². The van der Waals surface area contributed by atoms with Crippen LogP contribution in [0.3, 0.4) is 0 Å². The van der Waals surface area contributed by atoms with Gasteiger partial charge in [0.2, 0.25) is 0 Å². The number of rotatable bonds is 4. The summed E-state index contributed by atoms with van der Waals surface area (Å²) >= 11 is 0. The molecule has 0 saturated carbocycles. The Labute approximate surface area is 98.9 Å². The first kappa shape index (κ1) is 12.3. The monoisotopic (exact) mass is 227 g/mol. The molecular weight excluding hydrogens is 202 g/mol.